The molecule has 2 aromatic rings. The molecule has 1 aromatic heterocycles. The van der Waals surface area contributed by atoms with Gasteiger partial charge in [0, 0.05) is 16.2 Å². The van der Waals surface area contributed by atoms with Crippen molar-refractivity contribution in [3.63, 3.8) is 0 Å². The lowest BCUT2D eigenvalue weighted by molar-refractivity contribution is -0.386. The van der Waals surface area contributed by atoms with E-state index in [4.69, 9.17) is 4.74 Å². The van der Waals surface area contributed by atoms with Crippen LogP contribution >= 0.6 is 15.9 Å². The van der Waals surface area contributed by atoms with E-state index in [0.29, 0.717) is 11.3 Å². The van der Waals surface area contributed by atoms with E-state index in [0.717, 1.165) is 4.47 Å². The zero-order chi connectivity index (χ0) is 13.1. The van der Waals surface area contributed by atoms with Crippen LogP contribution in [0, 0.1) is 17.0 Å². The van der Waals surface area contributed by atoms with E-state index < -0.39 is 4.92 Å². The zero-order valence-electron chi connectivity index (χ0n) is 9.46. The monoisotopic (exact) mass is 308 g/mol. The quantitative estimate of drug-likeness (QED) is 0.638. The molecule has 18 heavy (non-hydrogen) atoms. The summed E-state index contributed by atoms with van der Waals surface area (Å²) in [7, 11) is 0. The molecule has 6 heteroatoms. The summed E-state index contributed by atoms with van der Waals surface area (Å²) >= 11 is 3.30. The summed E-state index contributed by atoms with van der Waals surface area (Å²) < 4.78 is 6.34. The van der Waals surface area contributed by atoms with Crippen molar-refractivity contribution in [3.05, 3.63) is 56.7 Å². The Labute approximate surface area is 112 Å². The number of rotatable bonds is 3. The minimum absolute atomic E-state index is 0.00215. The molecule has 0 bridgehead atoms. The summed E-state index contributed by atoms with van der Waals surface area (Å²) in [4.78, 5) is 14.4. The van der Waals surface area contributed by atoms with Gasteiger partial charge in [0.05, 0.1) is 4.92 Å². The Bertz CT molecular complexity index is 584. The van der Waals surface area contributed by atoms with E-state index in [1.54, 1.807) is 37.3 Å². The number of hydrogen-bond acceptors (Lipinski definition) is 4. The Kier molecular flexibility index (Phi) is 3.57. The summed E-state index contributed by atoms with van der Waals surface area (Å²) in [6.45, 7) is 1.65. The van der Waals surface area contributed by atoms with E-state index in [1.807, 2.05) is 0 Å². The molecule has 92 valence electrons. The number of nitrogens with zero attached hydrogens (tertiary/aromatic N) is 2. The van der Waals surface area contributed by atoms with E-state index >= 15 is 0 Å². The third-order valence-corrected chi connectivity index (χ3v) is 2.83. The second kappa shape index (κ2) is 5.14. The molecule has 0 aliphatic rings. The van der Waals surface area contributed by atoms with Gasteiger partial charge in [-0.25, -0.2) is 4.98 Å². The van der Waals surface area contributed by atoms with Crippen LogP contribution in [0.4, 0.5) is 5.69 Å². The summed E-state index contributed by atoms with van der Waals surface area (Å²) in [6.07, 6.45) is 1.48. The lowest BCUT2D eigenvalue weighted by Gasteiger charge is -2.06. The van der Waals surface area contributed by atoms with Gasteiger partial charge in [0.15, 0.2) is 0 Å². The predicted octanol–water partition coefficient (Wildman–Crippen LogP) is 3.85. The molecule has 1 aromatic carbocycles. The van der Waals surface area contributed by atoms with Crippen LogP contribution in [0.3, 0.4) is 0 Å². The summed E-state index contributed by atoms with van der Waals surface area (Å²) in [5, 5.41) is 11.0. The average molecular weight is 309 g/mol. The minimum Gasteiger partial charge on any atom is -0.434 e. The second-order valence-corrected chi connectivity index (χ2v) is 4.51. The molecule has 1 heterocycles. The van der Waals surface area contributed by atoms with Gasteiger partial charge in [-0.1, -0.05) is 15.9 Å². The molecule has 0 aliphatic heterocycles. The van der Waals surface area contributed by atoms with Crippen LogP contribution in [0.15, 0.2) is 41.0 Å². The lowest BCUT2D eigenvalue weighted by Crippen LogP contribution is -1.98. The van der Waals surface area contributed by atoms with Gasteiger partial charge in [0.2, 0.25) is 0 Å². The Morgan fingerprint density at radius 2 is 1.94 bits per heavy atom. The van der Waals surface area contributed by atoms with E-state index in [-0.39, 0.29) is 11.6 Å². The molecular formula is C12H9BrN2O3. The molecule has 0 aliphatic carbocycles. The Balaban J connectivity index is 2.37. The highest BCUT2D eigenvalue weighted by molar-refractivity contribution is 9.10. The summed E-state index contributed by atoms with van der Waals surface area (Å²) in [5.74, 6) is 0.502. The molecule has 0 fully saturated rings. The topological polar surface area (TPSA) is 65.3 Å². The first-order valence-corrected chi connectivity index (χ1v) is 5.90. The molecule has 0 atom stereocenters. The molecule has 0 saturated carbocycles. The van der Waals surface area contributed by atoms with Gasteiger partial charge in [-0.2, -0.15) is 0 Å². The van der Waals surface area contributed by atoms with Gasteiger partial charge in [0.25, 0.3) is 5.88 Å². The highest BCUT2D eigenvalue weighted by Gasteiger charge is 2.20. The fraction of sp³-hybridized carbons (Fsp3) is 0.0833. The van der Waals surface area contributed by atoms with Crippen molar-refractivity contribution >= 4 is 21.6 Å². The summed E-state index contributed by atoms with van der Waals surface area (Å²) in [5.41, 5.74) is 0.405. The van der Waals surface area contributed by atoms with Gasteiger partial charge in [-0.15, -0.1) is 0 Å². The molecule has 0 amide bonds. The van der Waals surface area contributed by atoms with Crippen LogP contribution < -0.4 is 4.74 Å². The number of aromatic nitrogens is 1. The lowest BCUT2D eigenvalue weighted by atomic mass is 10.2. The zero-order valence-corrected chi connectivity index (χ0v) is 11.0. The fourth-order valence-electron chi connectivity index (χ4n) is 1.44. The van der Waals surface area contributed by atoms with Crippen LogP contribution in [0.2, 0.25) is 0 Å². The third kappa shape index (κ3) is 2.65. The van der Waals surface area contributed by atoms with Crippen molar-refractivity contribution in [2.45, 2.75) is 6.92 Å². The Hall–Kier alpha value is -1.95. The number of nitro groups is 1. The van der Waals surface area contributed by atoms with Crippen molar-refractivity contribution in [1.82, 2.24) is 4.98 Å². The van der Waals surface area contributed by atoms with Gasteiger partial charge < -0.3 is 4.74 Å². The number of halogens is 1. The van der Waals surface area contributed by atoms with E-state index in [2.05, 4.69) is 20.9 Å². The number of ether oxygens (including phenoxy) is 1. The number of hydrogen-bond donors (Lipinski definition) is 0. The van der Waals surface area contributed by atoms with Gasteiger partial charge >= 0.3 is 5.69 Å². The van der Waals surface area contributed by atoms with E-state index in [9.17, 15) is 10.1 Å². The standard InChI is InChI=1S/C12H9BrN2O3/c1-8-6-7-14-12(11(8)15(16)17)18-10-4-2-9(13)3-5-10/h2-7H,1H3. The molecular weight excluding hydrogens is 300 g/mol. The molecule has 0 N–H and O–H groups in total. The predicted molar refractivity (Wildman–Crippen MR) is 69.8 cm³/mol. The van der Waals surface area contributed by atoms with Crippen LogP contribution in [0.25, 0.3) is 0 Å². The maximum Gasteiger partial charge on any atom is 0.334 e. The molecule has 0 spiro atoms. The smallest absolute Gasteiger partial charge is 0.334 e. The molecule has 0 radical (unpaired) electrons. The van der Waals surface area contributed by atoms with Crippen LogP contribution in [-0.4, -0.2) is 9.91 Å². The average Bonchev–Trinajstić information content (AvgIpc) is 2.32. The number of pyridine rings is 1. The first-order chi connectivity index (χ1) is 8.58. The Morgan fingerprint density at radius 3 is 2.56 bits per heavy atom. The minimum atomic E-state index is -0.490. The molecule has 2 rings (SSSR count). The third-order valence-electron chi connectivity index (χ3n) is 2.30. The molecule has 5 nitrogen and oxygen atoms in total. The highest BCUT2D eigenvalue weighted by atomic mass is 79.9. The number of aryl methyl sites for hydroxylation is 1. The van der Waals surface area contributed by atoms with Gasteiger partial charge in [0.1, 0.15) is 5.75 Å². The second-order valence-electron chi connectivity index (χ2n) is 3.59. The normalized spacial score (nSPS) is 10.1. The first kappa shape index (κ1) is 12.5. The van der Waals surface area contributed by atoms with Gasteiger partial charge in [-0.3, -0.25) is 10.1 Å². The highest BCUT2D eigenvalue weighted by Crippen LogP contribution is 2.31. The van der Waals surface area contributed by atoms with Crippen molar-refractivity contribution in [1.29, 1.82) is 0 Å². The van der Waals surface area contributed by atoms with Crippen LogP contribution in [0.1, 0.15) is 5.56 Å². The van der Waals surface area contributed by atoms with Crippen molar-refractivity contribution in [2.24, 2.45) is 0 Å². The van der Waals surface area contributed by atoms with Crippen molar-refractivity contribution in [3.8, 4) is 11.6 Å². The molecule has 0 saturated heterocycles. The maximum absolute atomic E-state index is 11.0. The Morgan fingerprint density at radius 1 is 1.28 bits per heavy atom. The maximum atomic E-state index is 11.0. The van der Waals surface area contributed by atoms with Crippen LogP contribution in [-0.2, 0) is 0 Å². The van der Waals surface area contributed by atoms with Gasteiger partial charge in [-0.05, 0) is 37.3 Å². The number of benzene rings is 1. The van der Waals surface area contributed by atoms with Crippen molar-refractivity contribution < 1.29 is 9.66 Å². The SMILES string of the molecule is Cc1ccnc(Oc2ccc(Br)cc2)c1[N+](=O)[O-]. The largest absolute Gasteiger partial charge is 0.434 e. The summed E-state index contributed by atoms with van der Waals surface area (Å²) in [6, 6.07) is 8.57. The molecule has 0 unspecified atom stereocenters. The van der Waals surface area contributed by atoms with Crippen LogP contribution in [0.5, 0.6) is 11.6 Å². The van der Waals surface area contributed by atoms with E-state index in [1.165, 1.54) is 6.20 Å². The van der Waals surface area contributed by atoms with Crippen molar-refractivity contribution in [2.75, 3.05) is 0 Å². The first-order valence-electron chi connectivity index (χ1n) is 5.11. The fourth-order valence-corrected chi connectivity index (χ4v) is 1.70.